The van der Waals surface area contributed by atoms with Gasteiger partial charge in [-0.3, -0.25) is 9.97 Å². The molecule has 5 heterocycles. The third-order valence-corrected chi connectivity index (χ3v) is 5.82. The molecule has 0 N–H and O–H groups in total. The van der Waals surface area contributed by atoms with Gasteiger partial charge in [-0.2, -0.15) is 0 Å². The highest BCUT2D eigenvalue weighted by atomic mass is 16.3. The van der Waals surface area contributed by atoms with Crippen molar-refractivity contribution in [2.75, 3.05) is 0 Å². The van der Waals surface area contributed by atoms with Crippen LogP contribution >= 0.6 is 0 Å². The largest absolute Gasteiger partial charge is 0.454 e. The fraction of sp³-hybridized carbons (Fsp3) is 0. The third kappa shape index (κ3) is 2.42. The quantitative estimate of drug-likeness (QED) is 0.305. The number of para-hydroxylation sites is 2. The van der Waals surface area contributed by atoms with Crippen molar-refractivity contribution >= 4 is 44.1 Å². The van der Waals surface area contributed by atoms with E-state index < -0.39 is 0 Å². The summed E-state index contributed by atoms with van der Waals surface area (Å²) in [6.07, 6.45) is 3.61. The van der Waals surface area contributed by atoms with Crippen LogP contribution < -0.4 is 0 Å². The lowest BCUT2D eigenvalue weighted by molar-refractivity contribution is 0.669. The zero-order valence-electron chi connectivity index (χ0n) is 16.8. The van der Waals surface area contributed by atoms with E-state index in [2.05, 4.69) is 9.97 Å². The molecule has 7 rings (SSSR count). The summed E-state index contributed by atoms with van der Waals surface area (Å²) >= 11 is 0. The maximum Gasteiger partial charge on any atom is 0.163 e. The molecule has 0 bridgehead atoms. The third-order valence-electron chi connectivity index (χ3n) is 5.82. The molecule has 2 aromatic carbocycles. The second-order valence-corrected chi connectivity index (χ2v) is 7.68. The first-order valence-electron chi connectivity index (χ1n) is 10.4. The maximum absolute atomic E-state index is 6.16. The standard InChI is InChI=1S/C27H15N3O2/c1-3-10-22-18(6-1)24-26(31-22)16(12-14-28-24)20-8-5-9-21(30-20)17-13-15-29-25-19-7-2-4-11-23(19)32-27(17)25/h1-15H. The molecule has 0 saturated heterocycles. The summed E-state index contributed by atoms with van der Waals surface area (Å²) in [6.45, 7) is 0. The Morgan fingerprint density at radius 1 is 0.500 bits per heavy atom. The van der Waals surface area contributed by atoms with Crippen LogP contribution in [0.4, 0.5) is 0 Å². The van der Waals surface area contributed by atoms with Crippen LogP contribution in [0.5, 0.6) is 0 Å². The molecule has 0 amide bonds. The summed E-state index contributed by atoms with van der Waals surface area (Å²) in [5, 5.41) is 2.00. The van der Waals surface area contributed by atoms with Gasteiger partial charge in [0.15, 0.2) is 11.2 Å². The molecule has 7 aromatic rings. The van der Waals surface area contributed by atoms with Crippen LogP contribution in [-0.2, 0) is 0 Å². The normalized spacial score (nSPS) is 11.8. The number of aromatic nitrogens is 3. The smallest absolute Gasteiger partial charge is 0.163 e. The van der Waals surface area contributed by atoms with E-state index in [1.807, 2.05) is 78.9 Å². The molecular weight excluding hydrogens is 398 g/mol. The number of rotatable bonds is 2. The minimum absolute atomic E-state index is 0.738. The van der Waals surface area contributed by atoms with E-state index in [4.69, 9.17) is 13.8 Å². The Hall–Kier alpha value is -4.51. The summed E-state index contributed by atoms with van der Waals surface area (Å²) < 4.78 is 12.3. The van der Waals surface area contributed by atoms with Crippen LogP contribution in [0.15, 0.2) is 100 Å². The Kier molecular flexibility index (Phi) is 3.49. The van der Waals surface area contributed by atoms with Crippen molar-refractivity contribution in [2.24, 2.45) is 0 Å². The summed E-state index contributed by atoms with van der Waals surface area (Å²) in [5.41, 5.74) is 8.23. The molecule has 0 radical (unpaired) electrons. The van der Waals surface area contributed by atoms with Crippen LogP contribution in [0, 0.1) is 0 Å². The van der Waals surface area contributed by atoms with E-state index in [9.17, 15) is 0 Å². The number of furan rings is 2. The molecule has 150 valence electrons. The van der Waals surface area contributed by atoms with Gasteiger partial charge in [-0.05, 0) is 48.5 Å². The van der Waals surface area contributed by atoms with E-state index in [1.165, 1.54) is 0 Å². The van der Waals surface area contributed by atoms with Gasteiger partial charge in [-0.1, -0.05) is 30.3 Å². The lowest BCUT2D eigenvalue weighted by Crippen LogP contribution is -1.90. The Morgan fingerprint density at radius 3 is 1.53 bits per heavy atom. The van der Waals surface area contributed by atoms with Crippen molar-refractivity contribution in [1.29, 1.82) is 0 Å². The Bertz CT molecular complexity index is 1670. The minimum atomic E-state index is 0.738. The Labute approximate surface area is 182 Å². The number of nitrogens with zero attached hydrogens (tertiary/aromatic N) is 3. The van der Waals surface area contributed by atoms with Crippen LogP contribution in [0.25, 0.3) is 66.7 Å². The number of benzene rings is 2. The molecule has 0 aliphatic rings. The van der Waals surface area contributed by atoms with Gasteiger partial charge in [0, 0.05) is 34.3 Å². The number of fused-ring (bicyclic) bond motifs is 6. The first-order chi connectivity index (χ1) is 15.9. The molecule has 0 fully saturated rings. The lowest BCUT2D eigenvalue weighted by atomic mass is 10.1. The van der Waals surface area contributed by atoms with E-state index in [0.717, 1.165) is 66.7 Å². The van der Waals surface area contributed by atoms with Gasteiger partial charge < -0.3 is 8.83 Å². The van der Waals surface area contributed by atoms with Crippen molar-refractivity contribution in [1.82, 2.24) is 15.0 Å². The highest BCUT2D eigenvalue weighted by Crippen LogP contribution is 2.36. The number of hydrogen-bond acceptors (Lipinski definition) is 5. The van der Waals surface area contributed by atoms with Crippen LogP contribution in [0.2, 0.25) is 0 Å². The van der Waals surface area contributed by atoms with Gasteiger partial charge in [0.2, 0.25) is 0 Å². The summed E-state index contributed by atoms with van der Waals surface area (Å²) in [4.78, 5) is 14.1. The second kappa shape index (κ2) is 6.49. The molecule has 5 nitrogen and oxygen atoms in total. The van der Waals surface area contributed by atoms with Crippen molar-refractivity contribution < 1.29 is 8.83 Å². The van der Waals surface area contributed by atoms with Gasteiger partial charge in [0.05, 0.1) is 11.4 Å². The highest BCUT2D eigenvalue weighted by molar-refractivity contribution is 6.08. The molecule has 5 heteroatoms. The molecule has 0 aliphatic carbocycles. The summed E-state index contributed by atoms with van der Waals surface area (Å²) in [7, 11) is 0. The Balaban J connectivity index is 1.45. The minimum Gasteiger partial charge on any atom is -0.454 e. The zero-order valence-corrected chi connectivity index (χ0v) is 16.8. The SMILES string of the molecule is c1cc(-c2ccnc3c2oc2ccccc23)nc(-c2ccnc3c2oc2ccccc23)c1. The van der Waals surface area contributed by atoms with E-state index in [1.54, 1.807) is 12.4 Å². The molecule has 0 atom stereocenters. The van der Waals surface area contributed by atoms with Crippen molar-refractivity contribution in [2.45, 2.75) is 0 Å². The zero-order chi connectivity index (χ0) is 21.1. The molecule has 5 aromatic heterocycles. The molecule has 32 heavy (non-hydrogen) atoms. The van der Waals surface area contributed by atoms with Gasteiger partial charge in [-0.25, -0.2) is 4.98 Å². The average Bonchev–Trinajstić information content (AvgIpc) is 3.42. The van der Waals surface area contributed by atoms with Gasteiger partial charge in [-0.15, -0.1) is 0 Å². The first-order valence-corrected chi connectivity index (χ1v) is 10.4. The molecule has 0 spiro atoms. The van der Waals surface area contributed by atoms with Gasteiger partial charge >= 0.3 is 0 Å². The predicted molar refractivity (Wildman–Crippen MR) is 125 cm³/mol. The van der Waals surface area contributed by atoms with E-state index in [0.29, 0.717) is 0 Å². The number of pyridine rings is 3. The van der Waals surface area contributed by atoms with E-state index in [-0.39, 0.29) is 0 Å². The lowest BCUT2D eigenvalue weighted by Gasteiger charge is -2.06. The highest BCUT2D eigenvalue weighted by Gasteiger charge is 2.17. The summed E-state index contributed by atoms with van der Waals surface area (Å²) in [6, 6.07) is 25.7. The molecule has 0 aliphatic heterocycles. The van der Waals surface area contributed by atoms with Crippen LogP contribution in [0.1, 0.15) is 0 Å². The van der Waals surface area contributed by atoms with Crippen LogP contribution in [-0.4, -0.2) is 15.0 Å². The average molecular weight is 413 g/mol. The summed E-state index contributed by atoms with van der Waals surface area (Å²) in [5.74, 6) is 0. The second-order valence-electron chi connectivity index (χ2n) is 7.68. The molecular formula is C27H15N3O2. The Morgan fingerprint density at radius 2 is 1.00 bits per heavy atom. The predicted octanol–water partition coefficient (Wildman–Crippen LogP) is 7.00. The fourth-order valence-electron chi connectivity index (χ4n) is 4.35. The van der Waals surface area contributed by atoms with Gasteiger partial charge in [0.1, 0.15) is 22.2 Å². The van der Waals surface area contributed by atoms with Crippen LogP contribution in [0.3, 0.4) is 0 Å². The fourth-order valence-corrected chi connectivity index (χ4v) is 4.35. The monoisotopic (exact) mass is 413 g/mol. The van der Waals surface area contributed by atoms with Gasteiger partial charge in [0.25, 0.3) is 0 Å². The molecule has 0 unspecified atom stereocenters. The number of hydrogen-bond donors (Lipinski definition) is 0. The van der Waals surface area contributed by atoms with Crippen molar-refractivity contribution in [3.05, 3.63) is 91.3 Å². The van der Waals surface area contributed by atoms with Crippen molar-refractivity contribution in [3.8, 4) is 22.5 Å². The maximum atomic E-state index is 6.16. The topological polar surface area (TPSA) is 65.0 Å². The van der Waals surface area contributed by atoms with Crippen molar-refractivity contribution in [3.63, 3.8) is 0 Å². The molecule has 0 saturated carbocycles. The van der Waals surface area contributed by atoms with E-state index >= 15 is 0 Å². The first kappa shape index (κ1) is 17.2.